The SMILES string of the molecule is CCNC(=NCc1nc(C(F)(F)F)cs1)NC1CCN(CCOC(C)C)CC1.I. The number of aromatic nitrogens is 1. The van der Waals surface area contributed by atoms with Crippen molar-refractivity contribution in [2.75, 3.05) is 32.8 Å². The van der Waals surface area contributed by atoms with Crippen molar-refractivity contribution in [1.82, 2.24) is 20.5 Å². The Morgan fingerprint density at radius 2 is 2.07 bits per heavy atom. The van der Waals surface area contributed by atoms with E-state index in [1.54, 1.807) is 0 Å². The highest BCUT2D eigenvalue weighted by atomic mass is 127. The van der Waals surface area contributed by atoms with Crippen molar-refractivity contribution in [3.63, 3.8) is 0 Å². The van der Waals surface area contributed by atoms with Gasteiger partial charge in [0.1, 0.15) is 5.01 Å². The maximum atomic E-state index is 12.7. The molecule has 0 bridgehead atoms. The minimum absolute atomic E-state index is 0. The lowest BCUT2D eigenvalue weighted by atomic mass is 10.1. The lowest BCUT2D eigenvalue weighted by Gasteiger charge is -2.33. The van der Waals surface area contributed by atoms with Crippen LogP contribution in [0.3, 0.4) is 0 Å². The largest absolute Gasteiger partial charge is 0.434 e. The fraction of sp³-hybridized carbons (Fsp3) is 0.778. The van der Waals surface area contributed by atoms with Gasteiger partial charge in [-0.25, -0.2) is 9.98 Å². The molecule has 0 unspecified atom stereocenters. The predicted molar refractivity (Wildman–Crippen MR) is 121 cm³/mol. The van der Waals surface area contributed by atoms with Gasteiger partial charge in [0.15, 0.2) is 11.7 Å². The number of thiazole rings is 1. The van der Waals surface area contributed by atoms with E-state index in [2.05, 4.69) is 25.5 Å². The van der Waals surface area contributed by atoms with E-state index < -0.39 is 11.9 Å². The van der Waals surface area contributed by atoms with E-state index in [1.165, 1.54) is 0 Å². The molecular weight excluding hydrogens is 518 g/mol. The number of nitrogens with one attached hydrogen (secondary N) is 2. The van der Waals surface area contributed by atoms with Crippen LogP contribution in [0.2, 0.25) is 0 Å². The number of hydrogen-bond acceptors (Lipinski definition) is 5. The molecule has 1 aliphatic rings. The molecular formula is C18H31F3IN5OS. The second kappa shape index (κ2) is 12.9. The van der Waals surface area contributed by atoms with E-state index in [0.717, 1.165) is 55.8 Å². The number of rotatable bonds is 8. The Kier molecular flexibility index (Phi) is 11.7. The molecule has 1 aromatic rings. The van der Waals surface area contributed by atoms with Gasteiger partial charge in [0.05, 0.1) is 19.3 Å². The molecule has 6 nitrogen and oxygen atoms in total. The van der Waals surface area contributed by atoms with Crippen LogP contribution in [-0.4, -0.2) is 60.8 Å². The second-order valence-electron chi connectivity index (χ2n) is 7.00. The fourth-order valence-corrected chi connectivity index (χ4v) is 3.62. The Labute approximate surface area is 191 Å². The summed E-state index contributed by atoms with van der Waals surface area (Å²) >= 11 is 0.980. The minimum Gasteiger partial charge on any atom is -0.377 e. The van der Waals surface area contributed by atoms with Gasteiger partial charge in [-0.3, -0.25) is 0 Å². The number of halogens is 4. The first-order chi connectivity index (χ1) is 13.3. The van der Waals surface area contributed by atoms with Crippen LogP contribution in [0.4, 0.5) is 13.2 Å². The molecule has 0 aliphatic carbocycles. The van der Waals surface area contributed by atoms with E-state index in [0.29, 0.717) is 23.6 Å². The molecule has 29 heavy (non-hydrogen) atoms. The maximum Gasteiger partial charge on any atom is 0.434 e. The van der Waals surface area contributed by atoms with Gasteiger partial charge in [0, 0.05) is 37.6 Å². The van der Waals surface area contributed by atoms with E-state index in [4.69, 9.17) is 4.74 Å². The summed E-state index contributed by atoms with van der Waals surface area (Å²) in [6.45, 7) is 10.5. The lowest BCUT2D eigenvalue weighted by molar-refractivity contribution is -0.140. The fourth-order valence-electron chi connectivity index (χ4n) is 2.89. The molecule has 1 saturated heterocycles. The monoisotopic (exact) mass is 549 g/mol. The summed E-state index contributed by atoms with van der Waals surface area (Å²) in [7, 11) is 0. The Morgan fingerprint density at radius 3 is 2.62 bits per heavy atom. The Balaban J connectivity index is 0.00000420. The molecule has 1 fully saturated rings. The highest BCUT2D eigenvalue weighted by Crippen LogP contribution is 2.30. The highest BCUT2D eigenvalue weighted by molar-refractivity contribution is 14.0. The van der Waals surface area contributed by atoms with Crippen LogP contribution >= 0.6 is 35.3 Å². The number of alkyl halides is 3. The third-order valence-electron chi connectivity index (χ3n) is 4.35. The van der Waals surface area contributed by atoms with Gasteiger partial charge in [-0.2, -0.15) is 13.2 Å². The van der Waals surface area contributed by atoms with Crippen LogP contribution < -0.4 is 10.6 Å². The van der Waals surface area contributed by atoms with Crippen LogP contribution in [0.1, 0.15) is 44.3 Å². The molecule has 0 spiro atoms. The van der Waals surface area contributed by atoms with Crippen LogP contribution in [0.15, 0.2) is 10.4 Å². The van der Waals surface area contributed by atoms with Gasteiger partial charge >= 0.3 is 6.18 Å². The number of piperidine rings is 1. The quantitative estimate of drug-likeness (QED) is 0.294. The van der Waals surface area contributed by atoms with E-state index in [-0.39, 0.29) is 36.6 Å². The van der Waals surface area contributed by atoms with Crippen molar-refractivity contribution < 1.29 is 17.9 Å². The van der Waals surface area contributed by atoms with Gasteiger partial charge < -0.3 is 20.3 Å². The average molecular weight is 549 g/mol. The molecule has 11 heteroatoms. The Bertz CT molecular complexity index is 619. The highest BCUT2D eigenvalue weighted by Gasteiger charge is 2.33. The first kappa shape index (κ1) is 26.4. The summed E-state index contributed by atoms with van der Waals surface area (Å²) in [4.78, 5) is 10.4. The summed E-state index contributed by atoms with van der Waals surface area (Å²) in [6, 6.07) is 0.294. The van der Waals surface area contributed by atoms with Gasteiger partial charge in [0.25, 0.3) is 0 Å². The Morgan fingerprint density at radius 1 is 1.38 bits per heavy atom. The summed E-state index contributed by atoms with van der Waals surface area (Å²) < 4.78 is 43.6. The maximum absolute atomic E-state index is 12.7. The van der Waals surface area contributed by atoms with Crippen LogP contribution in [0.25, 0.3) is 0 Å². The minimum atomic E-state index is -4.41. The summed E-state index contributed by atoms with van der Waals surface area (Å²) in [6.07, 6.45) is -2.18. The second-order valence-corrected chi connectivity index (χ2v) is 7.94. The number of ether oxygens (including phenoxy) is 1. The van der Waals surface area contributed by atoms with Crippen molar-refractivity contribution in [2.24, 2.45) is 4.99 Å². The Hall–Kier alpha value is -0.660. The molecule has 0 saturated carbocycles. The van der Waals surface area contributed by atoms with Crippen molar-refractivity contribution in [3.05, 3.63) is 16.1 Å². The molecule has 0 radical (unpaired) electrons. The van der Waals surface area contributed by atoms with Gasteiger partial charge in [-0.1, -0.05) is 0 Å². The van der Waals surface area contributed by atoms with Gasteiger partial charge in [-0.15, -0.1) is 35.3 Å². The lowest BCUT2D eigenvalue weighted by Crippen LogP contribution is -2.49. The van der Waals surface area contributed by atoms with Crippen LogP contribution in [0, 0.1) is 0 Å². The number of likely N-dealkylation sites (tertiary alicyclic amines) is 1. The third kappa shape index (κ3) is 9.79. The predicted octanol–water partition coefficient (Wildman–Crippen LogP) is 3.72. The van der Waals surface area contributed by atoms with E-state index in [9.17, 15) is 13.2 Å². The molecule has 0 aromatic carbocycles. The molecule has 2 N–H and O–H groups in total. The molecule has 1 aromatic heterocycles. The van der Waals surface area contributed by atoms with E-state index in [1.807, 2.05) is 20.8 Å². The van der Waals surface area contributed by atoms with Gasteiger partial charge in [-0.05, 0) is 33.6 Å². The van der Waals surface area contributed by atoms with Crippen molar-refractivity contribution in [2.45, 2.75) is 58.5 Å². The number of hydrogen-bond donors (Lipinski definition) is 2. The van der Waals surface area contributed by atoms with E-state index >= 15 is 0 Å². The zero-order chi connectivity index (χ0) is 20.6. The number of nitrogens with zero attached hydrogens (tertiary/aromatic N) is 3. The molecule has 2 heterocycles. The normalized spacial score (nSPS) is 16.7. The molecule has 2 rings (SSSR count). The third-order valence-corrected chi connectivity index (χ3v) is 5.18. The average Bonchev–Trinajstić information content (AvgIpc) is 3.10. The van der Waals surface area contributed by atoms with Crippen LogP contribution in [0.5, 0.6) is 0 Å². The van der Waals surface area contributed by atoms with Gasteiger partial charge in [0.2, 0.25) is 0 Å². The first-order valence-electron chi connectivity index (χ1n) is 9.68. The molecule has 0 amide bonds. The topological polar surface area (TPSA) is 61.8 Å². The number of aliphatic imine (C=N–C) groups is 1. The summed E-state index contributed by atoms with van der Waals surface area (Å²) in [5.41, 5.74) is -0.852. The van der Waals surface area contributed by atoms with Crippen molar-refractivity contribution in [3.8, 4) is 0 Å². The first-order valence-corrected chi connectivity index (χ1v) is 10.6. The molecule has 0 atom stereocenters. The smallest absolute Gasteiger partial charge is 0.377 e. The zero-order valence-electron chi connectivity index (χ0n) is 17.1. The van der Waals surface area contributed by atoms with Crippen molar-refractivity contribution >= 4 is 41.3 Å². The molecule has 168 valence electrons. The number of guanidine groups is 1. The van der Waals surface area contributed by atoms with Crippen molar-refractivity contribution in [1.29, 1.82) is 0 Å². The molecule has 1 aliphatic heterocycles. The summed E-state index contributed by atoms with van der Waals surface area (Å²) in [5, 5.41) is 7.93. The van der Waals surface area contributed by atoms with Crippen LogP contribution in [-0.2, 0) is 17.5 Å². The zero-order valence-corrected chi connectivity index (χ0v) is 20.2. The standard InChI is InChI=1S/C18H30F3N5OS.HI/c1-4-22-17(23-11-16-25-15(12-28-16)18(19,20)21)24-14-5-7-26(8-6-14)9-10-27-13(2)3;/h12-14H,4-11H2,1-3H3,(H2,22,23,24);1H. The summed E-state index contributed by atoms with van der Waals surface area (Å²) in [5.74, 6) is 0.618.